The average Bonchev–Trinajstić information content (AvgIpc) is 2.94. The number of nitrogens with one attached hydrogen (secondary N) is 1. The van der Waals surface area contributed by atoms with Crippen LogP contribution in [0, 0.1) is 11.3 Å². The van der Waals surface area contributed by atoms with Gasteiger partial charge in [0.15, 0.2) is 0 Å². The molecule has 1 saturated heterocycles. The van der Waals surface area contributed by atoms with Crippen LogP contribution in [0.1, 0.15) is 44.8 Å². The van der Waals surface area contributed by atoms with E-state index >= 15 is 0 Å². The third-order valence-electron chi connectivity index (χ3n) is 6.26. The van der Waals surface area contributed by atoms with Gasteiger partial charge in [0.25, 0.3) is 0 Å². The van der Waals surface area contributed by atoms with E-state index in [-0.39, 0.29) is 13.4 Å². The number of hydrogen-bond acceptors (Lipinski definition) is 4. The molecule has 0 radical (unpaired) electrons. The highest BCUT2D eigenvalue weighted by molar-refractivity contribution is 5.77. The molecule has 1 N–H and O–H groups in total. The van der Waals surface area contributed by atoms with E-state index in [2.05, 4.69) is 23.5 Å². The zero-order valence-electron chi connectivity index (χ0n) is 21.5. The normalized spacial score (nSPS) is 14.8. The molecule has 3 aromatic rings. The van der Waals surface area contributed by atoms with Gasteiger partial charge in [-0.3, -0.25) is 4.79 Å². The van der Waals surface area contributed by atoms with Gasteiger partial charge < -0.3 is 15.0 Å². The Kier molecular flexibility index (Phi) is 11.0. The average molecular weight is 486 g/mol. The third kappa shape index (κ3) is 7.69. The molecule has 0 bridgehead atoms. The fraction of sp³-hybridized carbons (Fsp3) is 0.355. The SMILES string of the molecule is CC.N#CCCc1ccccc1Oc1ccccc1CCC(=O)N1CCNC[C@H]1Cc1ccccc1.[HH]. The fourth-order valence-corrected chi connectivity index (χ4v) is 4.47. The van der Waals surface area contributed by atoms with Gasteiger partial charge in [-0.1, -0.05) is 80.6 Å². The van der Waals surface area contributed by atoms with Crippen molar-refractivity contribution >= 4 is 5.91 Å². The highest BCUT2D eigenvalue weighted by Gasteiger charge is 2.26. The minimum atomic E-state index is 0. The molecule has 1 amide bonds. The van der Waals surface area contributed by atoms with Crippen LogP contribution in [0.15, 0.2) is 78.9 Å². The number of nitrogens with zero attached hydrogens (tertiary/aromatic N) is 2. The standard InChI is InChI=1S/C29H31N3O2.C2H6.H2/c30-18-8-13-24-11-4-6-14-27(24)34-28-15-7-5-12-25(28)16-17-29(33)32-20-19-31-22-26(32)21-23-9-2-1-3-10-23;1-2;/h1-7,9-12,14-15,26,31H,8,13,16-17,19-22H2;1-2H3;1H/t26-;;/m1../s1. The van der Waals surface area contributed by atoms with Crippen molar-refractivity contribution in [2.45, 2.75) is 52.0 Å². The number of para-hydroxylation sites is 2. The Hall–Kier alpha value is -3.62. The van der Waals surface area contributed by atoms with Gasteiger partial charge in [0.1, 0.15) is 11.5 Å². The highest BCUT2D eigenvalue weighted by Crippen LogP contribution is 2.29. The maximum Gasteiger partial charge on any atom is 0.223 e. The van der Waals surface area contributed by atoms with Gasteiger partial charge in [-0.05, 0) is 48.1 Å². The van der Waals surface area contributed by atoms with Gasteiger partial charge in [0, 0.05) is 39.9 Å². The van der Waals surface area contributed by atoms with Gasteiger partial charge in [0.2, 0.25) is 5.91 Å². The van der Waals surface area contributed by atoms with E-state index < -0.39 is 0 Å². The van der Waals surface area contributed by atoms with E-state index in [0.29, 0.717) is 25.7 Å². The Bertz CT molecular complexity index is 1130. The molecule has 3 aromatic carbocycles. The molecule has 190 valence electrons. The molecule has 1 heterocycles. The first-order chi connectivity index (χ1) is 17.7. The Morgan fingerprint density at radius 3 is 2.25 bits per heavy atom. The molecule has 1 aliphatic heterocycles. The van der Waals surface area contributed by atoms with Crippen LogP contribution in [-0.2, 0) is 24.1 Å². The summed E-state index contributed by atoms with van der Waals surface area (Å²) in [6.45, 7) is 6.39. The lowest BCUT2D eigenvalue weighted by atomic mass is 10.0. The number of ether oxygens (including phenoxy) is 1. The van der Waals surface area contributed by atoms with Crippen molar-refractivity contribution in [1.29, 1.82) is 5.26 Å². The summed E-state index contributed by atoms with van der Waals surface area (Å²) < 4.78 is 6.27. The molecule has 4 rings (SSSR count). The van der Waals surface area contributed by atoms with Crippen LogP contribution in [0.4, 0.5) is 0 Å². The molecule has 5 nitrogen and oxygen atoms in total. The molecular formula is C31H39N3O2. The van der Waals surface area contributed by atoms with Crippen LogP contribution in [-0.4, -0.2) is 36.5 Å². The molecule has 36 heavy (non-hydrogen) atoms. The first-order valence-electron chi connectivity index (χ1n) is 13.0. The fourth-order valence-electron chi connectivity index (χ4n) is 4.47. The van der Waals surface area contributed by atoms with E-state index in [4.69, 9.17) is 10.00 Å². The Balaban J connectivity index is 0.00000157. The van der Waals surface area contributed by atoms with Crippen LogP contribution >= 0.6 is 0 Å². The summed E-state index contributed by atoms with van der Waals surface area (Å²) >= 11 is 0. The summed E-state index contributed by atoms with van der Waals surface area (Å²) in [5.74, 6) is 1.72. The zero-order valence-corrected chi connectivity index (χ0v) is 21.5. The topological polar surface area (TPSA) is 65.4 Å². The quantitative estimate of drug-likeness (QED) is 0.393. The Morgan fingerprint density at radius 2 is 1.58 bits per heavy atom. The summed E-state index contributed by atoms with van der Waals surface area (Å²) in [5, 5.41) is 12.4. The van der Waals surface area contributed by atoms with E-state index in [0.717, 1.165) is 48.7 Å². The lowest BCUT2D eigenvalue weighted by Crippen LogP contribution is -2.54. The molecule has 0 saturated carbocycles. The second-order valence-electron chi connectivity index (χ2n) is 8.61. The highest BCUT2D eigenvalue weighted by atomic mass is 16.5. The van der Waals surface area contributed by atoms with E-state index in [1.54, 1.807) is 0 Å². The lowest BCUT2D eigenvalue weighted by molar-refractivity contribution is -0.134. The van der Waals surface area contributed by atoms with E-state index in [1.165, 1.54) is 5.56 Å². The number of rotatable bonds is 9. The minimum absolute atomic E-state index is 0. The summed E-state index contributed by atoms with van der Waals surface area (Å²) in [4.78, 5) is 15.3. The summed E-state index contributed by atoms with van der Waals surface area (Å²) in [6, 6.07) is 28.5. The maximum absolute atomic E-state index is 13.2. The number of nitriles is 1. The van der Waals surface area contributed by atoms with E-state index in [9.17, 15) is 4.79 Å². The van der Waals surface area contributed by atoms with Crippen LogP contribution in [0.25, 0.3) is 0 Å². The lowest BCUT2D eigenvalue weighted by Gasteiger charge is -2.36. The molecule has 5 heteroatoms. The molecule has 0 aromatic heterocycles. The number of carbonyl (C=O) groups excluding carboxylic acids is 1. The largest absolute Gasteiger partial charge is 0.457 e. The summed E-state index contributed by atoms with van der Waals surface area (Å²) in [7, 11) is 0. The van der Waals surface area contributed by atoms with Crippen LogP contribution in [0.5, 0.6) is 11.5 Å². The number of aryl methyl sites for hydroxylation is 2. The maximum atomic E-state index is 13.2. The second-order valence-corrected chi connectivity index (χ2v) is 8.61. The first kappa shape index (κ1) is 27.0. The molecule has 0 unspecified atom stereocenters. The van der Waals surface area contributed by atoms with Gasteiger partial charge in [-0.2, -0.15) is 5.26 Å². The molecular weight excluding hydrogens is 446 g/mol. The van der Waals surface area contributed by atoms with Crippen molar-refractivity contribution in [3.8, 4) is 17.6 Å². The van der Waals surface area contributed by atoms with E-state index in [1.807, 2.05) is 85.5 Å². The molecule has 0 aliphatic carbocycles. The van der Waals surface area contributed by atoms with Crippen molar-refractivity contribution in [2.24, 2.45) is 0 Å². The Labute approximate surface area is 217 Å². The molecule has 0 spiro atoms. The number of piperazine rings is 1. The predicted molar refractivity (Wildman–Crippen MR) is 147 cm³/mol. The number of benzene rings is 3. The van der Waals surface area contributed by atoms with Crippen molar-refractivity contribution < 1.29 is 11.0 Å². The second kappa shape index (κ2) is 14.7. The summed E-state index contributed by atoms with van der Waals surface area (Å²) in [5.41, 5.74) is 3.28. The zero-order chi connectivity index (χ0) is 25.6. The minimum Gasteiger partial charge on any atom is -0.457 e. The molecule has 1 aliphatic rings. The molecule has 1 atom stereocenters. The van der Waals surface area contributed by atoms with Crippen LogP contribution in [0.2, 0.25) is 0 Å². The number of carbonyl (C=O) groups is 1. The van der Waals surface area contributed by atoms with Gasteiger partial charge in [-0.15, -0.1) is 0 Å². The van der Waals surface area contributed by atoms with Crippen molar-refractivity contribution in [1.82, 2.24) is 10.2 Å². The monoisotopic (exact) mass is 485 g/mol. The predicted octanol–water partition coefficient (Wildman–Crippen LogP) is 6.18. The van der Waals surface area contributed by atoms with Gasteiger partial charge in [-0.25, -0.2) is 0 Å². The van der Waals surface area contributed by atoms with Crippen LogP contribution in [0.3, 0.4) is 0 Å². The van der Waals surface area contributed by atoms with Gasteiger partial charge in [0.05, 0.1) is 6.07 Å². The summed E-state index contributed by atoms with van der Waals surface area (Å²) in [6.07, 6.45) is 3.03. The van der Waals surface area contributed by atoms with Crippen molar-refractivity contribution in [3.63, 3.8) is 0 Å². The first-order valence-corrected chi connectivity index (χ1v) is 13.0. The van der Waals surface area contributed by atoms with Crippen LogP contribution < -0.4 is 10.1 Å². The smallest absolute Gasteiger partial charge is 0.223 e. The van der Waals surface area contributed by atoms with Crippen molar-refractivity contribution in [3.05, 3.63) is 95.6 Å². The number of amides is 1. The van der Waals surface area contributed by atoms with Crippen molar-refractivity contribution in [2.75, 3.05) is 19.6 Å². The molecule has 1 fully saturated rings. The third-order valence-corrected chi connectivity index (χ3v) is 6.26. The van der Waals surface area contributed by atoms with Gasteiger partial charge >= 0.3 is 0 Å². The number of hydrogen-bond donors (Lipinski definition) is 1. The Morgan fingerprint density at radius 1 is 0.972 bits per heavy atom.